The highest BCUT2D eigenvalue weighted by Gasteiger charge is 2.44. The van der Waals surface area contributed by atoms with Crippen LogP contribution in [0.1, 0.15) is 43.7 Å². The number of hydrogen-bond acceptors (Lipinski definition) is 5. The lowest BCUT2D eigenvalue weighted by Crippen LogP contribution is -2.40. The van der Waals surface area contributed by atoms with Crippen molar-refractivity contribution in [1.82, 2.24) is 9.55 Å². The Morgan fingerprint density at radius 1 is 1.34 bits per heavy atom. The Hall–Kier alpha value is -2.34. The molecule has 4 rings (SSSR count). The summed E-state index contributed by atoms with van der Waals surface area (Å²) >= 11 is 1.26. The Morgan fingerprint density at radius 3 is 2.83 bits per heavy atom. The van der Waals surface area contributed by atoms with Crippen molar-refractivity contribution >= 4 is 17.7 Å². The lowest BCUT2D eigenvalue weighted by molar-refractivity contribution is -0.139. The normalized spacial score (nSPS) is 16.3. The first-order valence-corrected chi connectivity index (χ1v) is 11.2. The summed E-state index contributed by atoms with van der Waals surface area (Å²) < 4.78 is 6.71. The number of carbonyl (C=O) groups excluding carboxylic acids is 1. The lowest BCUT2D eigenvalue weighted by Gasteiger charge is -2.36. The van der Waals surface area contributed by atoms with Crippen molar-refractivity contribution in [3.8, 4) is 11.3 Å². The van der Waals surface area contributed by atoms with Crippen LogP contribution in [0.3, 0.4) is 0 Å². The van der Waals surface area contributed by atoms with E-state index in [4.69, 9.17) is 9.72 Å². The average molecular weight is 411 g/mol. The summed E-state index contributed by atoms with van der Waals surface area (Å²) in [6.07, 6.45) is 6.94. The van der Waals surface area contributed by atoms with Gasteiger partial charge in [0.05, 0.1) is 23.6 Å². The molecule has 1 saturated carbocycles. The van der Waals surface area contributed by atoms with E-state index in [1.807, 2.05) is 6.07 Å². The van der Waals surface area contributed by atoms with Crippen molar-refractivity contribution in [2.45, 2.75) is 56.1 Å². The maximum absolute atomic E-state index is 13.7. The summed E-state index contributed by atoms with van der Waals surface area (Å²) in [6, 6.07) is 8.26. The van der Waals surface area contributed by atoms with Crippen molar-refractivity contribution < 1.29 is 9.53 Å². The van der Waals surface area contributed by atoms with Gasteiger partial charge in [-0.2, -0.15) is 0 Å². The molecule has 2 aliphatic rings. The zero-order valence-corrected chi connectivity index (χ0v) is 17.6. The number of esters is 1. The summed E-state index contributed by atoms with van der Waals surface area (Å²) in [7, 11) is 0. The third-order valence-corrected chi connectivity index (χ3v) is 6.91. The van der Waals surface area contributed by atoms with E-state index in [0.717, 1.165) is 48.9 Å². The van der Waals surface area contributed by atoms with Gasteiger partial charge in [0.25, 0.3) is 5.56 Å². The van der Waals surface area contributed by atoms with Crippen molar-refractivity contribution in [2.75, 3.05) is 12.4 Å². The van der Waals surface area contributed by atoms with Crippen molar-refractivity contribution in [1.29, 1.82) is 0 Å². The van der Waals surface area contributed by atoms with Gasteiger partial charge in [0, 0.05) is 17.5 Å². The highest BCUT2D eigenvalue weighted by molar-refractivity contribution is 7.99. The number of allylic oxidation sites excluding steroid dienone is 1. The van der Waals surface area contributed by atoms with E-state index in [9.17, 15) is 9.59 Å². The largest absolute Gasteiger partial charge is 0.465 e. The van der Waals surface area contributed by atoms with E-state index >= 15 is 0 Å². The number of carbonyl (C=O) groups is 1. The van der Waals surface area contributed by atoms with E-state index < -0.39 is 0 Å². The monoisotopic (exact) mass is 410 g/mol. The smallest absolute Gasteiger partial charge is 0.316 e. The van der Waals surface area contributed by atoms with Crippen LogP contribution >= 0.6 is 11.8 Å². The van der Waals surface area contributed by atoms with Crippen LogP contribution in [0, 0.1) is 0 Å². The molecule has 0 bridgehead atoms. The summed E-state index contributed by atoms with van der Waals surface area (Å²) in [6.45, 7) is 6.31. The molecule has 0 N–H and O–H groups in total. The molecular weight excluding hydrogens is 384 g/mol. The van der Waals surface area contributed by atoms with E-state index in [2.05, 4.69) is 24.8 Å². The number of nitrogens with zero attached hydrogens (tertiary/aromatic N) is 2. The molecule has 0 aliphatic heterocycles. The van der Waals surface area contributed by atoms with E-state index in [1.54, 1.807) is 17.6 Å². The SMILES string of the molecule is C=CCn1c(SCC(=O)OCC)nc2c(c1=O)C1(CCCC1)Cc1ccccc1-2. The van der Waals surface area contributed by atoms with Crippen LogP contribution in [0.4, 0.5) is 0 Å². The first-order valence-electron chi connectivity index (χ1n) is 10.2. The fourth-order valence-corrected chi connectivity index (χ4v) is 5.57. The van der Waals surface area contributed by atoms with Gasteiger partial charge < -0.3 is 4.74 Å². The predicted octanol–water partition coefficient (Wildman–Crippen LogP) is 4.12. The van der Waals surface area contributed by atoms with Gasteiger partial charge in [-0.1, -0.05) is 54.9 Å². The fourth-order valence-electron chi connectivity index (χ4n) is 4.77. The molecule has 29 heavy (non-hydrogen) atoms. The molecule has 2 aromatic rings. The van der Waals surface area contributed by atoms with Crippen molar-refractivity contribution in [3.63, 3.8) is 0 Å². The van der Waals surface area contributed by atoms with Gasteiger partial charge >= 0.3 is 5.97 Å². The van der Waals surface area contributed by atoms with E-state index in [1.165, 1.54) is 17.3 Å². The topological polar surface area (TPSA) is 61.2 Å². The average Bonchev–Trinajstić information content (AvgIpc) is 3.17. The second-order valence-corrected chi connectivity index (χ2v) is 8.68. The molecule has 1 aromatic heterocycles. The van der Waals surface area contributed by atoms with Crippen LogP contribution in [0.5, 0.6) is 0 Å². The quantitative estimate of drug-likeness (QED) is 0.310. The number of benzene rings is 1. The molecular formula is C23H26N2O3S. The number of aromatic nitrogens is 2. The second-order valence-electron chi connectivity index (χ2n) is 7.74. The minimum atomic E-state index is -0.303. The summed E-state index contributed by atoms with van der Waals surface area (Å²) in [5, 5.41) is 0.548. The van der Waals surface area contributed by atoms with Gasteiger partial charge in [0.2, 0.25) is 0 Å². The number of fused-ring (bicyclic) bond motifs is 4. The van der Waals surface area contributed by atoms with Gasteiger partial charge in [-0.25, -0.2) is 4.98 Å². The minimum absolute atomic E-state index is 0.0117. The number of hydrogen-bond donors (Lipinski definition) is 0. The van der Waals surface area contributed by atoms with Crippen LogP contribution in [-0.2, 0) is 27.9 Å². The zero-order chi connectivity index (χ0) is 20.4. The minimum Gasteiger partial charge on any atom is -0.465 e. The molecule has 1 heterocycles. The Labute approximate surface area is 175 Å². The van der Waals surface area contributed by atoms with Crippen LogP contribution in [0.2, 0.25) is 0 Å². The maximum Gasteiger partial charge on any atom is 0.316 e. The Kier molecular flexibility index (Phi) is 5.63. The molecule has 152 valence electrons. The van der Waals surface area contributed by atoms with Crippen LogP contribution in [-0.4, -0.2) is 27.9 Å². The molecule has 1 spiro atoms. The Bertz CT molecular complexity index is 1010. The van der Waals surface area contributed by atoms with Crippen LogP contribution < -0.4 is 5.56 Å². The van der Waals surface area contributed by atoms with Gasteiger partial charge in [0.1, 0.15) is 0 Å². The number of rotatable bonds is 6. The maximum atomic E-state index is 13.7. The molecule has 5 nitrogen and oxygen atoms in total. The van der Waals surface area contributed by atoms with Gasteiger partial charge in [-0.3, -0.25) is 14.2 Å². The highest BCUT2D eigenvalue weighted by atomic mass is 32.2. The number of thioether (sulfide) groups is 1. The predicted molar refractivity (Wildman–Crippen MR) is 115 cm³/mol. The van der Waals surface area contributed by atoms with Crippen molar-refractivity contribution in [3.05, 3.63) is 58.4 Å². The summed E-state index contributed by atoms with van der Waals surface area (Å²) in [5.41, 5.74) is 3.85. The third kappa shape index (κ3) is 3.54. The van der Waals surface area contributed by atoms with E-state index in [0.29, 0.717) is 18.3 Å². The first-order chi connectivity index (χ1) is 14.1. The fraction of sp³-hybridized carbons (Fsp3) is 0.435. The first kappa shape index (κ1) is 20.0. The lowest BCUT2D eigenvalue weighted by atomic mass is 9.68. The molecule has 2 aliphatic carbocycles. The Morgan fingerprint density at radius 2 is 2.10 bits per heavy atom. The third-order valence-electron chi connectivity index (χ3n) is 5.96. The standard InChI is InChI=1S/C23H26N2O3S/c1-3-13-25-21(27)19-20(24-22(25)29-15-18(26)28-4-2)17-10-6-5-9-16(17)14-23(19)11-7-8-12-23/h3,5-6,9-10H,1,4,7-8,11-15H2,2H3. The molecule has 6 heteroatoms. The summed E-state index contributed by atoms with van der Waals surface area (Å²) in [4.78, 5) is 30.6. The molecule has 0 radical (unpaired) electrons. The Balaban J connectivity index is 1.88. The second kappa shape index (κ2) is 8.19. The molecule has 0 saturated heterocycles. The molecule has 1 fully saturated rings. The van der Waals surface area contributed by atoms with Crippen LogP contribution in [0.15, 0.2) is 46.9 Å². The van der Waals surface area contributed by atoms with Gasteiger partial charge in [-0.15, -0.1) is 6.58 Å². The molecule has 0 amide bonds. The molecule has 0 atom stereocenters. The zero-order valence-electron chi connectivity index (χ0n) is 16.8. The van der Waals surface area contributed by atoms with Crippen LogP contribution in [0.25, 0.3) is 11.3 Å². The van der Waals surface area contributed by atoms with E-state index in [-0.39, 0.29) is 22.7 Å². The van der Waals surface area contributed by atoms with Gasteiger partial charge in [-0.05, 0) is 31.7 Å². The molecule has 0 unspecified atom stereocenters. The molecule has 1 aromatic carbocycles. The van der Waals surface area contributed by atoms with Crippen molar-refractivity contribution in [2.24, 2.45) is 0 Å². The number of ether oxygens (including phenoxy) is 1. The summed E-state index contributed by atoms with van der Waals surface area (Å²) in [5.74, 6) is -0.175. The highest BCUT2D eigenvalue weighted by Crippen LogP contribution is 2.49. The van der Waals surface area contributed by atoms with Gasteiger partial charge in [0.15, 0.2) is 5.16 Å².